The van der Waals surface area contributed by atoms with Gasteiger partial charge in [0.2, 0.25) is 0 Å². The van der Waals surface area contributed by atoms with Gasteiger partial charge >= 0.3 is 135 Å². The number of hydrogen-bond acceptors (Lipinski definition) is 1. The summed E-state index contributed by atoms with van der Waals surface area (Å²) >= 11 is -2.37. The molecule has 21 heavy (non-hydrogen) atoms. The Morgan fingerprint density at radius 1 is 0.952 bits per heavy atom. The molecule has 0 aliphatic rings. The molecule has 0 fully saturated rings. The van der Waals surface area contributed by atoms with E-state index < -0.39 is 25.1 Å². The average Bonchev–Trinajstić information content (AvgIpc) is 2.54. The van der Waals surface area contributed by atoms with E-state index in [1.165, 1.54) is 55.4 Å². The summed E-state index contributed by atoms with van der Waals surface area (Å²) in [5, 5.41) is 0. The molecular formula is C18H32FNSn. The minimum absolute atomic E-state index is 0.425. The van der Waals surface area contributed by atoms with Crippen LogP contribution >= 0.6 is 0 Å². The number of aromatic nitrogens is 1. The molecule has 0 unspecified atom stereocenters. The third-order valence-electron chi connectivity index (χ3n) is 4.59. The molecule has 0 aliphatic heterocycles. The molecule has 0 aliphatic carbocycles. The van der Waals surface area contributed by atoms with Crippen LogP contribution in [0.2, 0.25) is 13.3 Å². The molecule has 1 aromatic heterocycles. The summed E-state index contributed by atoms with van der Waals surface area (Å²) in [5.41, 5.74) is 0.637. The molecular weight excluding hydrogens is 368 g/mol. The van der Waals surface area contributed by atoms with Crippen LogP contribution in [-0.4, -0.2) is 23.4 Å². The van der Waals surface area contributed by atoms with Crippen molar-refractivity contribution in [3.05, 3.63) is 24.0 Å². The van der Waals surface area contributed by atoms with Gasteiger partial charge in [0.15, 0.2) is 0 Å². The molecule has 0 N–H and O–H groups in total. The van der Waals surface area contributed by atoms with E-state index in [2.05, 4.69) is 37.9 Å². The molecule has 0 bridgehead atoms. The summed E-state index contributed by atoms with van der Waals surface area (Å²) in [7, 11) is 0. The van der Waals surface area contributed by atoms with Crippen LogP contribution in [-0.2, 0) is 6.67 Å². The third-order valence-corrected chi connectivity index (χ3v) is 20.2. The monoisotopic (exact) mass is 401 g/mol. The number of alkyl halides is 1. The molecule has 0 amide bonds. The van der Waals surface area contributed by atoms with Crippen LogP contribution in [0.15, 0.2) is 18.3 Å². The van der Waals surface area contributed by atoms with Gasteiger partial charge in [0, 0.05) is 0 Å². The van der Waals surface area contributed by atoms with E-state index in [9.17, 15) is 4.39 Å². The molecule has 0 atom stereocenters. The van der Waals surface area contributed by atoms with Crippen LogP contribution < -0.4 is 3.58 Å². The van der Waals surface area contributed by atoms with Crippen LogP contribution in [0.4, 0.5) is 4.39 Å². The van der Waals surface area contributed by atoms with E-state index in [1.807, 2.05) is 6.20 Å². The second kappa shape index (κ2) is 10.6. The first-order chi connectivity index (χ1) is 10.2. The van der Waals surface area contributed by atoms with Gasteiger partial charge < -0.3 is 0 Å². The topological polar surface area (TPSA) is 12.9 Å². The molecule has 0 saturated heterocycles. The van der Waals surface area contributed by atoms with Gasteiger partial charge in [0.1, 0.15) is 0 Å². The predicted octanol–water partition coefficient (Wildman–Crippen LogP) is 5.61. The van der Waals surface area contributed by atoms with E-state index in [0.717, 1.165) is 0 Å². The van der Waals surface area contributed by atoms with Gasteiger partial charge in [-0.3, -0.25) is 0 Å². The number of rotatable bonds is 11. The van der Waals surface area contributed by atoms with E-state index in [1.54, 1.807) is 0 Å². The first-order valence-corrected chi connectivity index (χ1v) is 16.2. The predicted molar refractivity (Wildman–Crippen MR) is 93.6 cm³/mol. The van der Waals surface area contributed by atoms with Gasteiger partial charge in [0.25, 0.3) is 0 Å². The molecule has 1 nitrogen and oxygen atoms in total. The van der Waals surface area contributed by atoms with E-state index in [0.29, 0.717) is 5.69 Å². The fourth-order valence-corrected chi connectivity index (χ4v) is 19.2. The number of nitrogens with zero attached hydrogens (tertiary/aromatic N) is 1. The zero-order chi connectivity index (χ0) is 15.6. The molecule has 1 aromatic rings. The summed E-state index contributed by atoms with van der Waals surface area (Å²) in [6, 6.07) is 4.33. The second-order valence-electron chi connectivity index (χ2n) is 6.26. The van der Waals surface area contributed by atoms with Crippen molar-refractivity contribution in [2.75, 3.05) is 0 Å². The Bertz CT molecular complexity index is 373. The zero-order valence-corrected chi connectivity index (χ0v) is 17.0. The molecule has 0 saturated carbocycles. The van der Waals surface area contributed by atoms with Crippen LogP contribution in [0.25, 0.3) is 0 Å². The van der Waals surface area contributed by atoms with Gasteiger partial charge in [-0.25, -0.2) is 0 Å². The molecule has 1 heterocycles. The number of unbranched alkanes of at least 4 members (excludes halogenated alkanes) is 3. The number of pyridine rings is 1. The molecule has 120 valence electrons. The van der Waals surface area contributed by atoms with Crippen LogP contribution in [0.1, 0.15) is 65.0 Å². The Hall–Kier alpha value is -0.121. The maximum absolute atomic E-state index is 13.0. The third kappa shape index (κ3) is 5.88. The van der Waals surface area contributed by atoms with Crippen molar-refractivity contribution in [1.82, 2.24) is 4.98 Å². The summed E-state index contributed by atoms with van der Waals surface area (Å²) in [6.45, 7) is 6.44. The van der Waals surface area contributed by atoms with Crippen LogP contribution in [0.5, 0.6) is 0 Å². The van der Waals surface area contributed by atoms with Crippen molar-refractivity contribution in [2.45, 2.75) is 79.3 Å². The van der Waals surface area contributed by atoms with Crippen molar-refractivity contribution in [1.29, 1.82) is 0 Å². The van der Waals surface area contributed by atoms with Gasteiger partial charge in [-0.1, -0.05) is 0 Å². The second-order valence-corrected chi connectivity index (χ2v) is 19.5. The first-order valence-electron chi connectivity index (χ1n) is 8.73. The van der Waals surface area contributed by atoms with Crippen molar-refractivity contribution in [3.63, 3.8) is 0 Å². The molecule has 0 aromatic carbocycles. The Morgan fingerprint density at radius 2 is 1.48 bits per heavy atom. The number of halogens is 1. The fourth-order valence-electron chi connectivity index (χ4n) is 3.23. The number of hydrogen-bond donors (Lipinski definition) is 0. The Labute approximate surface area is 134 Å². The minimum atomic E-state index is -2.37. The molecule has 0 radical (unpaired) electrons. The summed E-state index contributed by atoms with van der Waals surface area (Å²) < 4.78 is 18.8. The molecule has 1 rings (SSSR count). The van der Waals surface area contributed by atoms with Gasteiger partial charge in [-0.05, 0) is 0 Å². The average molecular weight is 400 g/mol. The Kier molecular flexibility index (Phi) is 9.53. The van der Waals surface area contributed by atoms with Crippen molar-refractivity contribution >= 4 is 22.0 Å². The van der Waals surface area contributed by atoms with E-state index >= 15 is 0 Å². The zero-order valence-electron chi connectivity index (χ0n) is 14.1. The maximum atomic E-state index is 13.0. The summed E-state index contributed by atoms with van der Waals surface area (Å²) in [4.78, 5) is 4.17. The van der Waals surface area contributed by atoms with Crippen molar-refractivity contribution < 1.29 is 4.39 Å². The van der Waals surface area contributed by atoms with Crippen molar-refractivity contribution in [3.8, 4) is 0 Å². The molecule has 3 heteroatoms. The van der Waals surface area contributed by atoms with E-state index in [4.69, 9.17) is 0 Å². The van der Waals surface area contributed by atoms with E-state index in [-0.39, 0.29) is 0 Å². The van der Waals surface area contributed by atoms with Gasteiger partial charge in [-0.2, -0.15) is 0 Å². The van der Waals surface area contributed by atoms with Crippen LogP contribution in [0.3, 0.4) is 0 Å². The fraction of sp³-hybridized carbons (Fsp3) is 0.722. The summed E-state index contributed by atoms with van der Waals surface area (Å²) in [5.74, 6) is 0. The first kappa shape index (κ1) is 18.9. The van der Waals surface area contributed by atoms with Gasteiger partial charge in [-0.15, -0.1) is 0 Å². The van der Waals surface area contributed by atoms with Gasteiger partial charge in [0.05, 0.1) is 0 Å². The summed E-state index contributed by atoms with van der Waals surface area (Å²) in [6.07, 6.45) is 9.71. The van der Waals surface area contributed by atoms with Crippen molar-refractivity contribution in [2.24, 2.45) is 0 Å². The standard InChI is InChI=1S/C6H5FN.3C4H9.Sn/c7-5-6-3-1-2-4-8-6;3*1-3-4-2;/h2-4H,5H2;3*1,3-4H2,2H3;. The quantitative estimate of drug-likeness (QED) is 0.441. The molecule has 0 spiro atoms. The Morgan fingerprint density at radius 3 is 1.90 bits per heavy atom. The SMILES string of the molecule is CCC[CH2][Sn]([CH2]CCC)([CH2]CCC)[c]1ccnc(CF)c1. The Balaban J connectivity index is 3.09. The van der Waals surface area contributed by atoms with Crippen LogP contribution in [0, 0.1) is 0 Å². The normalized spacial score (nSPS) is 11.8.